The van der Waals surface area contributed by atoms with Gasteiger partial charge in [-0.3, -0.25) is 0 Å². The van der Waals surface area contributed by atoms with E-state index in [2.05, 4.69) is 25.8 Å². The maximum Gasteiger partial charge on any atom is 0.00104 e. The van der Waals surface area contributed by atoms with Gasteiger partial charge >= 0.3 is 0 Å². The third-order valence-electron chi connectivity index (χ3n) is 2.59. The molecule has 0 saturated heterocycles. The van der Waals surface area contributed by atoms with E-state index in [9.17, 15) is 0 Å². The van der Waals surface area contributed by atoms with Crippen LogP contribution >= 0.6 is 0 Å². The van der Waals surface area contributed by atoms with E-state index in [1.165, 1.54) is 51.6 Å². The Balaban J connectivity index is 3.14. The largest absolute Gasteiger partial charge is 0.328 e. The van der Waals surface area contributed by atoms with Crippen molar-refractivity contribution in [2.45, 2.75) is 58.4 Å². The van der Waals surface area contributed by atoms with E-state index in [0.29, 0.717) is 6.04 Å². The highest BCUT2D eigenvalue weighted by Crippen LogP contribution is 2.01. The Hall–Kier alpha value is -0.0800. The molecule has 14 heavy (non-hydrogen) atoms. The summed E-state index contributed by atoms with van der Waals surface area (Å²) in [5, 5.41) is 0. The minimum Gasteiger partial charge on any atom is -0.328 e. The average Bonchev–Trinajstić information content (AvgIpc) is 2.13. The quantitative estimate of drug-likeness (QED) is 0.580. The molecule has 86 valence electrons. The number of nitrogens with two attached hydrogens (primary N) is 1. The van der Waals surface area contributed by atoms with Crippen LogP contribution in [0, 0.1) is 0 Å². The van der Waals surface area contributed by atoms with Crippen molar-refractivity contribution in [1.82, 2.24) is 4.90 Å². The van der Waals surface area contributed by atoms with Crippen LogP contribution in [0.2, 0.25) is 0 Å². The van der Waals surface area contributed by atoms with Crippen molar-refractivity contribution in [3.63, 3.8) is 0 Å². The van der Waals surface area contributed by atoms with Crippen molar-refractivity contribution >= 4 is 0 Å². The fourth-order valence-corrected chi connectivity index (χ4v) is 1.59. The van der Waals surface area contributed by atoms with Crippen molar-refractivity contribution in [3.8, 4) is 0 Å². The van der Waals surface area contributed by atoms with E-state index in [1.54, 1.807) is 0 Å². The van der Waals surface area contributed by atoms with Gasteiger partial charge in [-0.05, 0) is 46.3 Å². The Kier molecular flexibility index (Phi) is 9.42. The molecule has 1 atom stereocenters. The maximum atomic E-state index is 5.69. The Morgan fingerprint density at radius 2 is 1.64 bits per heavy atom. The highest BCUT2D eigenvalue weighted by Gasteiger charge is 1.98. The highest BCUT2D eigenvalue weighted by molar-refractivity contribution is 4.56. The summed E-state index contributed by atoms with van der Waals surface area (Å²) < 4.78 is 0. The molecule has 0 radical (unpaired) electrons. The molecule has 2 nitrogen and oxygen atoms in total. The molecule has 0 spiro atoms. The van der Waals surface area contributed by atoms with E-state index in [1.807, 2.05) is 0 Å². The molecule has 0 aromatic carbocycles. The molecule has 0 fully saturated rings. The number of unbranched alkanes of at least 4 members (excludes halogenated alkanes) is 3. The summed E-state index contributed by atoms with van der Waals surface area (Å²) in [6.45, 7) is 6.83. The van der Waals surface area contributed by atoms with Crippen molar-refractivity contribution in [1.29, 1.82) is 0 Å². The average molecular weight is 200 g/mol. The lowest BCUT2D eigenvalue weighted by Crippen LogP contribution is -2.21. The predicted octanol–water partition coefficient (Wildman–Crippen LogP) is 2.63. The summed E-state index contributed by atoms with van der Waals surface area (Å²) in [4.78, 5) is 2.44. The Bertz CT molecular complexity index is 113. The summed E-state index contributed by atoms with van der Waals surface area (Å²) in [6.07, 6.45) is 7.77. The Morgan fingerprint density at radius 3 is 2.14 bits per heavy atom. The van der Waals surface area contributed by atoms with Crippen LogP contribution in [0.15, 0.2) is 0 Å². The van der Waals surface area contributed by atoms with Crippen LogP contribution in [0.3, 0.4) is 0 Å². The van der Waals surface area contributed by atoms with Gasteiger partial charge in [0, 0.05) is 6.04 Å². The Morgan fingerprint density at radius 1 is 1.07 bits per heavy atom. The lowest BCUT2D eigenvalue weighted by Gasteiger charge is -2.16. The summed E-state index contributed by atoms with van der Waals surface area (Å²) >= 11 is 0. The van der Waals surface area contributed by atoms with Crippen LogP contribution in [-0.2, 0) is 0 Å². The smallest absolute Gasteiger partial charge is 0.00104 e. The molecule has 0 aliphatic heterocycles. The first kappa shape index (κ1) is 13.9. The first-order valence-electron chi connectivity index (χ1n) is 6.11. The second-order valence-corrected chi connectivity index (χ2v) is 4.48. The van der Waals surface area contributed by atoms with E-state index in [4.69, 9.17) is 5.73 Å². The molecule has 0 rings (SSSR count). The summed E-state index contributed by atoms with van der Waals surface area (Å²) in [6, 6.07) is 0.375. The predicted molar refractivity (Wildman–Crippen MR) is 64.5 cm³/mol. The third-order valence-corrected chi connectivity index (χ3v) is 2.59. The zero-order valence-corrected chi connectivity index (χ0v) is 10.3. The van der Waals surface area contributed by atoms with Crippen LogP contribution in [0.5, 0.6) is 0 Å². The van der Waals surface area contributed by atoms with Crippen molar-refractivity contribution in [3.05, 3.63) is 0 Å². The van der Waals surface area contributed by atoms with Crippen molar-refractivity contribution in [2.24, 2.45) is 5.73 Å². The molecular formula is C12H28N2. The maximum absolute atomic E-state index is 5.69. The monoisotopic (exact) mass is 200 g/mol. The zero-order chi connectivity index (χ0) is 10.8. The van der Waals surface area contributed by atoms with Gasteiger partial charge in [0.05, 0.1) is 0 Å². The molecule has 2 heteroatoms. The van der Waals surface area contributed by atoms with Gasteiger partial charge in [-0.1, -0.05) is 26.2 Å². The van der Waals surface area contributed by atoms with E-state index in [0.717, 1.165) is 0 Å². The van der Waals surface area contributed by atoms with Crippen LogP contribution < -0.4 is 5.73 Å². The van der Waals surface area contributed by atoms with Gasteiger partial charge in [0.15, 0.2) is 0 Å². The van der Waals surface area contributed by atoms with E-state index >= 15 is 0 Å². The number of hydrogen-bond acceptors (Lipinski definition) is 2. The van der Waals surface area contributed by atoms with Crippen LogP contribution in [0.25, 0.3) is 0 Å². The van der Waals surface area contributed by atoms with Gasteiger partial charge in [0.1, 0.15) is 0 Å². The third kappa shape index (κ3) is 10.0. The second kappa shape index (κ2) is 9.47. The molecule has 0 aliphatic rings. The lowest BCUT2D eigenvalue weighted by molar-refractivity contribution is 0.315. The minimum atomic E-state index is 0.375. The highest BCUT2D eigenvalue weighted by atomic mass is 15.1. The van der Waals surface area contributed by atoms with Gasteiger partial charge in [-0.25, -0.2) is 0 Å². The molecule has 0 aromatic rings. The van der Waals surface area contributed by atoms with E-state index in [-0.39, 0.29) is 0 Å². The van der Waals surface area contributed by atoms with Crippen molar-refractivity contribution < 1.29 is 0 Å². The van der Waals surface area contributed by atoms with Gasteiger partial charge in [0.25, 0.3) is 0 Å². The molecular weight excluding hydrogens is 172 g/mol. The van der Waals surface area contributed by atoms with Crippen LogP contribution in [0.4, 0.5) is 0 Å². The van der Waals surface area contributed by atoms with Crippen molar-refractivity contribution in [2.75, 3.05) is 20.1 Å². The lowest BCUT2D eigenvalue weighted by atomic mass is 10.1. The molecule has 0 saturated carbocycles. The summed E-state index contributed by atoms with van der Waals surface area (Å²) in [5.41, 5.74) is 5.69. The Labute approximate surface area is 89.9 Å². The van der Waals surface area contributed by atoms with Crippen LogP contribution in [0.1, 0.15) is 52.4 Å². The number of hydrogen-bond donors (Lipinski definition) is 1. The molecule has 1 unspecified atom stereocenters. The van der Waals surface area contributed by atoms with Crippen LogP contribution in [-0.4, -0.2) is 31.1 Å². The number of nitrogens with zero attached hydrogens (tertiary/aromatic N) is 1. The zero-order valence-electron chi connectivity index (χ0n) is 10.3. The standard InChI is InChI=1S/C12H28N2/c1-4-5-7-10-14(3)11-8-6-9-12(2)13/h12H,4-11,13H2,1-3H3. The minimum absolute atomic E-state index is 0.375. The van der Waals surface area contributed by atoms with E-state index < -0.39 is 0 Å². The SMILES string of the molecule is CCCCCN(C)CCCCC(C)N. The fraction of sp³-hybridized carbons (Fsp3) is 1.00. The number of rotatable bonds is 9. The first-order chi connectivity index (χ1) is 6.66. The second-order valence-electron chi connectivity index (χ2n) is 4.48. The summed E-state index contributed by atoms with van der Waals surface area (Å²) in [5.74, 6) is 0. The topological polar surface area (TPSA) is 29.3 Å². The van der Waals surface area contributed by atoms with Gasteiger partial charge in [-0.15, -0.1) is 0 Å². The molecule has 2 N–H and O–H groups in total. The normalized spacial score (nSPS) is 13.5. The molecule has 0 aliphatic carbocycles. The van der Waals surface area contributed by atoms with Gasteiger partial charge in [-0.2, -0.15) is 0 Å². The molecule has 0 aromatic heterocycles. The first-order valence-corrected chi connectivity index (χ1v) is 6.11. The fourth-order valence-electron chi connectivity index (χ4n) is 1.59. The molecule has 0 amide bonds. The summed E-state index contributed by atoms with van der Waals surface area (Å²) in [7, 11) is 2.22. The van der Waals surface area contributed by atoms with Gasteiger partial charge in [0.2, 0.25) is 0 Å². The van der Waals surface area contributed by atoms with Gasteiger partial charge < -0.3 is 10.6 Å². The molecule has 0 bridgehead atoms. The molecule has 0 heterocycles.